The van der Waals surface area contributed by atoms with Crippen LogP contribution >= 0.6 is 0 Å². The Bertz CT molecular complexity index is 566. The Kier molecular flexibility index (Phi) is 3.83. The van der Waals surface area contributed by atoms with Crippen LogP contribution in [0.3, 0.4) is 0 Å². The van der Waals surface area contributed by atoms with E-state index in [0.29, 0.717) is 5.92 Å². The molecule has 1 saturated carbocycles. The highest BCUT2D eigenvalue weighted by Gasteiger charge is 2.29. The zero-order valence-electron chi connectivity index (χ0n) is 10.2. The van der Waals surface area contributed by atoms with Crippen LogP contribution in [0.5, 0.6) is 0 Å². The highest BCUT2D eigenvalue weighted by Crippen LogP contribution is 2.31. The van der Waals surface area contributed by atoms with Crippen molar-refractivity contribution in [3.05, 3.63) is 34.4 Å². The van der Waals surface area contributed by atoms with E-state index in [2.05, 4.69) is 4.72 Å². The number of hydrogen-bond donors (Lipinski definition) is 2. The van der Waals surface area contributed by atoms with E-state index in [4.69, 9.17) is 5.73 Å². The van der Waals surface area contributed by atoms with Gasteiger partial charge in [0.2, 0.25) is 10.0 Å². The fraction of sp³-hybridized carbons (Fsp3) is 0.455. The van der Waals surface area contributed by atoms with E-state index >= 15 is 0 Å². The van der Waals surface area contributed by atoms with E-state index in [1.165, 1.54) is 12.1 Å². The van der Waals surface area contributed by atoms with Crippen LogP contribution < -0.4 is 10.5 Å². The molecule has 0 amide bonds. The molecule has 0 saturated heterocycles. The van der Waals surface area contributed by atoms with Gasteiger partial charge in [-0.25, -0.2) is 13.1 Å². The molecule has 1 fully saturated rings. The summed E-state index contributed by atoms with van der Waals surface area (Å²) in [7, 11) is -3.66. The summed E-state index contributed by atoms with van der Waals surface area (Å²) in [6.45, 7) is 0.185. The molecule has 0 aromatic heterocycles. The van der Waals surface area contributed by atoms with Gasteiger partial charge in [0, 0.05) is 24.7 Å². The molecule has 1 aliphatic rings. The van der Waals surface area contributed by atoms with Gasteiger partial charge < -0.3 is 5.73 Å². The van der Waals surface area contributed by atoms with Crippen LogP contribution in [-0.4, -0.2) is 25.9 Å². The van der Waals surface area contributed by atoms with Gasteiger partial charge in [0.25, 0.3) is 5.69 Å². The Balaban J connectivity index is 2.03. The molecule has 1 atom stereocenters. The lowest BCUT2D eigenvalue weighted by Crippen LogP contribution is -2.38. The predicted molar refractivity (Wildman–Crippen MR) is 69.0 cm³/mol. The molecule has 3 N–H and O–H groups in total. The number of nitro groups is 1. The van der Waals surface area contributed by atoms with Crippen molar-refractivity contribution in [2.75, 3.05) is 6.54 Å². The van der Waals surface area contributed by atoms with Gasteiger partial charge >= 0.3 is 0 Å². The lowest BCUT2D eigenvalue weighted by molar-refractivity contribution is -0.384. The predicted octanol–water partition coefficient (Wildman–Crippen LogP) is 0.610. The number of non-ortho nitro benzene ring substituents is 1. The van der Waals surface area contributed by atoms with Crippen LogP contribution in [0.1, 0.15) is 12.8 Å². The minimum atomic E-state index is -3.66. The number of rotatable bonds is 6. The molecule has 104 valence electrons. The highest BCUT2D eigenvalue weighted by molar-refractivity contribution is 7.89. The number of hydrogen-bond acceptors (Lipinski definition) is 5. The van der Waals surface area contributed by atoms with E-state index in [-0.39, 0.29) is 23.2 Å². The molecule has 1 aromatic carbocycles. The average molecular weight is 285 g/mol. The van der Waals surface area contributed by atoms with Crippen molar-refractivity contribution in [3.8, 4) is 0 Å². The molecule has 1 aromatic rings. The first-order valence-electron chi connectivity index (χ1n) is 5.90. The topological polar surface area (TPSA) is 115 Å². The summed E-state index contributed by atoms with van der Waals surface area (Å²) in [5, 5.41) is 10.5. The SMILES string of the molecule is N[C@@H](CNS(=O)(=O)c1ccc([N+](=O)[O-])cc1)C1CC1. The maximum atomic E-state index is 11.9. The fourth-order valence-electron chi connectivity index (χ4n) is 1.73. The maximum absolute atomic E-state index is 11.9. The summed E-state index contributed by atoms with van der Waals surface area (Å²) in [5.41, 5.74) is 5.67. The van der Waals surface area contributed by atoms with Crippen LogP contribution in [0.25, 0.3) is 0 Å². The van der Waals surface area contributed by atoms with E-state index in [1.807, 2.05) is 0 Å². The van der Waals surface area contributed by atoms with Gasteiger partial charge in [-0.2, -0.15) is 0 Å². The highest BCUT2D eigenvalue weighted by atomic mass is 32.2. The number of nitrogens with zero attached hydrogens (tertiary/aromatic N) is 1. The van der Waals surface area contributed by atoms with Crippen LogP contribution in [-0.2, 0) is 10.0 Å². The molecule has 0 heterocycles. The lowest BCUT2D eigenvalue weighted by Gasteiger charge is -2.11. The van der Waals surface area contributed by atoms with Gasteiger partial charge in [-0.15, -0.1) is 0 Å². The first-order chi connectivity index (χ1) is 8.90. The minimum Gasteiger partial charge on any atom is -0.326 e. The standard InChI is InChI=1S/C11H15N3O4S/c12-11(8-1-2-8)7-13-19(17,18)10-5-3-9(4-6-10)14(15)16/h3-6,8,11,13H,1-2,7,12H2/t11-/m0/s1. The van der Waals surface area contributed by atoms with Crippen molar-refractivity contribution in [1.29, 1.82) is 0 Å². The summed E-state index contributed by atoms with van der Waals surface area (Å²) in [4.78, 5) is 9.91. The van der Waals surface area contributed by atoms with Crippen LogP contribution in [0.4, 0.5) is 5.69 Å². The zero-order chi connectivity index (χ0) is 14.0. The molecule has 0 bridgehead atoms. The monoisotopic (exact) mass is 285 g/mol. The van der Waals surface area contributed by atoms with Crippen LogP contribution in [0, 0.1) is 16.0 Å². The number of nitrogens with two attached hydrogens (primary N) is 1. The first-order valence-corrected chi connectivity index (χ1v) is 7.38. The molecule has 7 nitrogen and oxygen atoms in total. The first kappa shape index (κ1) is 13.9. The smallest absolute Gasteiger partial charge is 0.269 e. The van der Waals surface area contributed by atoms with Gasteiger partial charge in [0.1, 0.15) is 0 Å². The van der Waals surface area contributed by atoms with Crippen molar-refractivity contribution < 1.29 is 13.3 Å². The number of nitrogens with one attached hydrogen (secondary N) is 1. The molecule has 8 heteroatoms. The van der Waals surface area contributed by atoms with Gasteiger partial charge in [-0.3, -0.25) is 10.1 Å². The molecule has 1 aliphatic carbocycles. The Hall–Kier alpha value is -1.51. The third-order valence-electron chi connectivity index (χ3n) is 3.09. The summed E-state index contributed by atoms with van der Waals surface area (Å²) >= 11 is 0. The molecule has 19 heavy (non-hydrogen) atoms. The zero-order valence-corrected chi connectivity index (χ0v) is 11.0. The van der Waals surface area contributed by atoms with Crippen LogP contribution in [0.2, 0.25) is 0 Å². The minimum absolute atomic E-state index is 0.00102. The molecule has 0 radical (unpaired) electrons. The van der Waals surface area contributed by atoms with Crippen LogP contribution in [0.15, 0.2) is 29.2 Å². The summed E-state index contributed by atoms with van der Waals surface area (Å²) in [5.74, 6) is 0.402. The second kappa shape index (κ2) is 5.24. The van der Waals surface area contributed by atoms with Crippen molar-refractivity contribution >= 4 is 15.7 Å². The van der Waals surface area contributed by atoms with Gasteiger partial charge in [-0.1, -0.05) is 0 Å². The second-order valence-electron chi connectivity index (χ2n) is 4.60. The Morgan fingerprint density at radius 2 is 1.95 bits per heavy atom. The van der Waals surface area contributed by atoms with E-state index < -0.39 is 14.9 Å². The van der Waals surface area contributed by atoms with Gasteiger partial charge in [-0.05, 0) is 30.9 Å². The summed E-state index contributed by atoms with van der Waals surface area (Å²) in [6, 6.07) is 4.57. The largest absolute Gasteiger partial charge is 0.326 e. The Morgan fingerprint density at radius 3 is 2.42 bits per heavy atom. The van der Waals surface area contributed by atoms with Crippen molar-refractivity contribution in [2.24, 2.45) is 11.7 Å². The van der Waals surface area contributed by atoms with Crippen molar-refractivity contribution in [2.45, 2.75) is 23.8 Å². The third kappa shape index (κ3) is 3.49. The van der Waals surface area contributed by atoms with Gasteiger partial charge in [0.15, 0.2) is 0 Å². The number of sulfonamides is 1. The van der Waals surface area contributed by atoms with E-state index in [0.717, 1.165) is 25.0 Å². The maximum Gasteiger partial charge on any atom is 0.269 e. The second-order valence-corrected chi connectivity index (χ2v) is 6.37. The van der Waals surface area contributed by atoms with Crippen molar-refractivity contribution in [1.82, 2.24) is 4.72 Å². The molecule has 0 aliphatic heterocycles. The summed E-state index contributed by atoms with van der Waals surface area (Å²) < 4.78 is 26.3. The Labute approximate surface area is 111 Å². The van der Waals surface area contributed by atoms with Gasteiger partial charge in [0.05, 0.1) is 9.82 Å². The molecule has 2 rings (SSSR count). The summed E-state index contributed by atoms with van der Waals surface area (Å²) in [6.07, 6.45) is 2.08. The van der Waals surface area contributed by atoms with E-state index in [9.17, 15) is 18.5 Å². The molecular formula is C11H15N3O4S. The van der Waals surface area contributed by atoms with E-state index in [1.54, 1.807) is 0 Å². The molecule has 0 spiro atoms. The molecule has 0 unspecified atom stereocenters. The fourth-order valence-corrected chi connectivity index (χ4v) is 2.80. The van der Waals surface area contributed by atoms with Crippen molar-refractivity contribution in [3.63, 3.8) is 0 Å². The third-order valence-corrected chi connectivity index (χ3v) is 4.53. The quantitative estimate of drug-likeness (QED) is 0.587. The number of nitro benzene ring substituents is 1. The normalized spacial score (nSPS) is 17.1. The number of benzene rings is 1. The molecular weight excluding hydrogens is 270 g/mol. The average Bonchev–Trinajstić information content (AvgIpc) is 3.20. The Morgan fingerprint density at radius 1 is 1.37 bits per heavy atom. The lowest BCUT2D eigenvalue weighted by atomic mass is 10.2.